The molecule has 2 aromatic rings. The van der Waals surface area contributed by atoms with Gasteiger partial charge in [0.15, 0.2) is 6.61 Å². The quantitative estimate of drug-likeness (QED) is 0.326. The van der Waals surface area contributed by atoms with E-state index >= 15 is 0 Å². The predicted molar refractivity (Wildman–Crippen MR) is 91.3 cm³/mol. The fourth-order valence-corrected chi connectivity index (χ4v) is 2.41. The van der Waals surface area contributed by atoms with Crippen LogP contribution < -0.4 is 5.32 Å². The molecule has 13 heteroatoms. The molecule has 0 bridgehead atoms. The maximum atomic E-state index is 12.7. The molecule has 8 nitrogen and oxygen atoms in total. The maximum Gasteiger partial charge on any atom is 0.416 e. The van der Waals surface area contributed by atoms with Gasteiger partial charge in [0.1, 0.15) is 16.0 Å². The molecule has 148 valence electrons. The van der Waals surface area contributed by atoms with E-state index in [4.69, 9.17) is 27.9 Å². The minimum absolute atomic E-state index is 0.0933. The number of nitro groups is 1. The molecule has 0 aliphatic rings. The summed E-state index contributed by atoms with van der Waals surface area (Å²) in [7, 11) is 0. The largest absolute Gasteiger partial charge is 0.452 e. The number of esters is 1. The second-order valence-corrected chi connectivity index (χ2v) is 5.89. The highest BCUT2D eigenvalue weighted by Crippen LogP contribution is 2.34. The summed E-state index contributed by atoms with van der Waals surface area (Å²) in [5.74, 6) is -1.99. The number of amides is 1. The van der Waals surface area contributed by atoms with Crippen LogP contribution in [0.2, 0.25) is 10.3 Å². The third kappa shape index (κ3) is 5.54. The van der Waals surface area contributed by atoms with Crippen molar-refractivity contribution in [3.05, 3.63) is 61.9 Å². The number of hydrogen-bond donors (Lipinski definition) is 1. The van der Waals surface area contributed by atoms with Crippen LogP contribution in [0.15, 0.2) is 30.3 Å². The Kier molecular flexibility index (Phi) is 6.41. The molecule has 0 unspecified atom stereocenters. The number of carbonyl (C=O) groups excluding carboxylic acids is 2. The summed E-state index contributed by atoms with van der Waals surface area (Å²) in [5.41, 5.74) is -2.82. The van der Waals surface area contributed by atoms with Crippen LogP contribution in [0.4, 0.5) is 24.5 Å². The molecular formula is C15H8Cl2F3N3O5. The Morgan fingerprint density at radius 2 is 1.79 bits per heavy atom. The summed E-state index contributed by atoms with van der Waals surface area (Å²) >= 11 is 11.3. The van der Waals surface area contributed by atoms with Gasteiger partial charge >= 0.3 is 12.1 Å². The van der Waals surface area contributed by atoms with Gasteiger partial charge in [0.2, 0.25) is 0 Å². The Bertz CT molecular complexity index is 933. The summed E-state index contributed by atoms with van der Waals surface area (Å²) in [5, 5.41) is 12.8. The number of alkyl halides is 3. The molecule has 0 aliphatic heterocycles. The van der Waals surface area contributed by atoms with E-state index in [1.165, 1.54) is 0 Å². The van der Waals surface area contributed by atoms with Crippen molar-refractivity contribution in [3.8, 4) is 0 Å². The number of carbonyl (C=O) groups is 2. The highest BCUT2D eigenvalue weighted by atomic mass is 35.5. The topological polar surface area (TPSA) is 111 Å². The van der Waals surface area contributed by atoms with Gasteiger partial charge in [-0.3, -0.25) is 14.9 Å². The van der Waals surface area contributed by atoms with Crippen molar-refractivity contribution in [1.29, 1.82) is 0 Å². The molecule has 28 heavy (non-hydrogen) atoms. The number of hydrogen-bond acceptors (Lipinski definition) is 6. The van der Waals surface area contributed by atoms with Gasteiger partial charge in [-0.05, 0) is 24.3 Å². The minimum Gasteiger partial charge on any atom is -0.452 e. The average molecular weight is 438 g/mol. The van der Waals surface area contributed by atoms with E-state index in [1.807, 2.05) is 5.32 Å². The lowest BCUT2D eigenvalue weighted by Gasteiger charge is -2.10. The van der Waals surface area contributed by atoms with E-state index < -0.39 is 46.5 Å². The summed E-state index contributed by atoms with van der Waals surface area (Å²) in [4.78, 5) is 37.2. The molecule has 0 aliphatic carbocycles. The zero-order valence-electron chi connectivity index (χ0n) is 13.4. The number of anilines is 1. The Balaban J connectivity index is 2.08. The highest BCUT2D eigenvalue weighted by molar-refractivity contribution is 6.32. The molecule has 1 aromatic carbocycles. The zero-order chi connectivity index (χ0) is 21.1. The molecule has 0 fully saturated rings. The number of nitrogens with one attached hydrogen (secondary N) is 1. The SMILES string of the molecule is O=C(COC(=O)c1cc(Cl)nc(Cl)c1)Nc1ccc(C(F)(F)F)cc1[N+](=O)[O-]. The standard InChI is InChI=1S/C15H8Cl2F3N3O5/c16-11-3-7(4-12(17)22-11)14(25)28-6-13(24)21-9-2-1-8(15(18,19)20)5-10(9)23(26)27/h1-5H,6H2,(H,21,24). The van der Waals surface area contributed by atoms with Crippen LogP contribution in [0.25, 0.3) is 0 Å². The van der Waals surface area contributed by atoms with Gasteiger partial charge in [-0.2, -0.15) is 13.2 Å². The van der Waals surface area contributed by atoms with Crippen molar-refractivity contribution in [3.63, 3.8) is 0 Å². The van der Waals surface area contributed by atoms with Crippen molar-refractivity contribution in [1.82, 2.24) is 4.98 Å². The molecule has 1 aromatic heterocycles. The Morgan fingerprint density at radius 1 is 1.18 bits per heavy atom. The number of rotatable bonds is 5. The first-order valence-electron chi connectivity index (χ1n) is 7.13. The van der Waals surface area contributed by atoms with E-state index in [2.05, 4.69) is 4.98 Å². The lowest BCUT2D eigenvalue weighted by molar-refractivity contribution is -0.384. The Morgan fingerprint density at radius 3 is 2.32 bits per heavy atom. The van der Waals surface area contributed by atoms with Crippen molar-refractivity contribution < 1.29 is 32.4 Å². The fourth-order valence-electron chi connectivity index (χ4n) is 1.95. The van der Waals surface area contributed by atoms with E-state index in [9.17, 15) is 32.9 Å². The van der Waals surface area contributed by atoms with Gasteiger partial charge < -0.3 is 10.1 Å². The summed E-state index contributed by atoms with van der Waals surface area (Å²) < 4.78 is 42.7. The number of halogens is 5. The molecule has 2 rings (SSSR count). The first kappa shape index (κ1) is 21.4. The van der Waals surface area contributed by atoms with Gasteiger partial charge in [0, 0.05) is 6.07 Å². The van der Waals surface area contributed by atoms with Crippen LogP contribution in [0.3, 0.4) is 0 Å². The van der Waals surface area contributed by atoms with Crippen LogP contribution in [-0.2, 0) is 15.7 Å². The predicted octanol–water partition coefficient (Wildman–Crippen LogP) is 4.11. The number of nitrogens with zero attached hydrogens (tertiary/aromatic N) is 2. The molecule has 1 heterocycles. The molecule has 0 saturated carbocycles. The molecule has 0 atom stereocenters. The van der Waals surface area contributed by atoms with Crippen molar-refractivity contribution in [2.75, 3.05) is 11.9 Å². The van der Waals surface area contributed by atoms with Gasteiger partial charge in [-0.1, -0.05) is 23.2 Å². The third-order valence-corrected chi connectivity index (χ3v) is 3.52. The number of nitro benzene ring substituents is 1. The van der Waals surface area contributed by atoms with Crippen LogP contribution in [-0.4, -0.2) is 28.4 Å². The molecule has 1 N–H and O–H groups in total. The number of aromatic nitrogens is 1. The lowest BCUT2D eigenvalue weighted by atomic mass is 10.1. The number of benzene rings is 1. The van der Waals surface area contributed by atoms with Crippen LogP contribution >= 0.6 is 23.2 Å². The minimum atomic E-state index is -4.80. The average Bonchev–Trinajstić information content (AvgIpc) is 2.58. The van der Waals surface area contributed by atoms with Crippen LogP contribution in [0.5, 0.6) is 0 Å². The summed E-state index contributed by atoms with van der Waals surface area (Å²) in [6.07, 6.45) is -4.80. The molecular weight excluding hydrogens is 430 g/mol. The fraction of sp³-hybridized carbons (Fsp3) is 0.133. The van der Waals surface area contributed by atoms with E-state index in [0.29, 0.717) is 6.07 Å². The zero-order valence-corrected chi connectivity index (χ0v) is 14.9. The smallest absolute Gasteiger partial charge is 0.416 e. The van der Waals surface area contributed by atoms with Gasteiger partial charge in [0.05, 0.1) is 16.1 Å². The van der Waals surface area contributed by atoms with Crippen molar-refractivity contribution in [2.45, 2.75) is 6.18 Å². The second kappa shape index (κ2) is 8.40. The second-order valence-electron chi connectivity index (χ2n) is 5.11. The normalized spacial score (nSPS) is 11.0. The highest BCUT2D eigenvalue weighted by Gasteiger charge is 2.33. The van der Waals surface area contributed by atoms with Gasteiger partial charge in [0.25, 0.3) is 11.6 Å². The van der Waals surface area contributed by atoms with E-state index in [0.717, 1.165) is 18.2 Å². The maximum absolute atomic E-state index is 12.7. The first-order chi connectivity index (χ1) is 13.0. The Labute approximate surface area is 164 Å². The van der Waals surface area contributed by atoms with Crippen LogP contribution in [0, 0.1) is 10.1 Å². The van der Waals surface area contributed by atoms with E-state index in [-0.39, 0.29) is 21.9 Å². The molecule has 0 radical (unpaired) electrons. The molecule has 0 spiro atoms. The van der Waals surface area contributed by atoms with E-state index in [1.54, 1.807) is 0 Å². The monoisotopic (exact) mass is 437 g/mol. The van der Waals surface area contributed by atoms with Crippen molar-refractivity contribution >= 4 is 46.5 Å². The van der Waals surface area contributed by atoms with Crippen molar-refractivity contribution in [2.24, 2.45) is 0 Å². The lowest BCUT2D eigenvalue weighted by Crippen LogP contribution is -2.21. The Hall–Kier alpha value is -2.92. The number of pyridine rings is 1. The van der Waals surface area contributed by atoms with Gasteiger partial charge in [-0.25, -0.2) is 9.78 Å². The number of ether oxygens (including phenoxy) is 1. The van der Waals surface area contributed by atoms with Gasteiger partial charge in [-0.15, -0.1) is 0 Å². The molecule has 0 saturated heterocycles. The van der Waals surface area contributed by atoms with Crippen LogP contribution in [0.1, 0.15) is 15.9 Å². The summed E-state index contributed by atoms with van der Waals surface area (Å²) in [6.45, 7) is -0.866. The third-order valence-electron chi connectivity index (χ3n) is 3.13. The molecule has 1 amide bonds. The summed E-state index contributed by atoms with van der Waals surface area (Å²) in [6, 6.07) is 3.84. The first-order valence-corrected chi connectivity index (χ1v) is 7.88.